The zero-order chi connectivity index (χ0) is 16.2. The number of ether oxygens (including phenoxy) is 1. The second kappa shape index (κ2) is 7.31. The molecule has 1 aromatic carbocycles. The highest BCUT2D eigenvalue weighted by molar-refractivity contribution is 7.99. The molecule has 0 radical (unpaired) electrons. The van der Waals surface area contributed by atoms with Gasteiger partial charge >= 0.3 is 0 Å². The maximum atomic E-state index is 13.6. The summed E-state index contributed by atoms with van der Waals surface area (Å²) in [5.74, 6) is 0.517. The highest BCUT2D eigenvalue weighted by Gasteiger charge is 2.35. The number of hydrogen-bond donors (Lipinski definition) is 1. The molecule has 3 rings (SSSR count). The van der Waals surface area contributed by atoms with E-state index in [9.17, 15) is 14.0 Å². The van der Waals surface area contributed by atoms with Gasteiger partial charge in [-0.15, -0.1) is 11.8 Å². The van der Waals surface area contributed by atoms with E-state index in [0.29, 0.717) is 24.2 Å². The van der Waals surface area contributed by atoms with E-state index in [1.807, 2.05) is 0 Å². The van der Waals surface area contributed by atoms with Crippen LogP contribution in [0.25, 0.3) is 0 Å². The van der Waals surface area contributed by atoms with Crippen LogP contribution in [0.3, 0.4) is 0 Å². The topological polar surface area (TPSA) is 58.6 Å². The van der Waals surface area contributed by atoms with Crippen molar-refractivity contribution in [3.63, 3.8) is 0 Å². The molecule has 7 heteroatoms. The number of anilines is 1. The molecule has 1 N–H and O–H groups in total. The minimum absolute atomic E-state index is 0.000534. The third-order valence-corrected chi connectivity index (χ3v) is 4.93. The largest absolute Gasteiger partial charge is 0.371 e. The van der Waals surface area contributed by atoms with Crippen molar-refractivity contribution in [3.8, 4) is 0 Å². The molecule has 1 aliphatic heterocycles. The van der Waals surface area contributed by atoms with Crippen molar-refractivity contribution in [2.75, 3.05) is 30.2 Å². The summed E-state index contributed by atoms with van der Waals surface area (Å²) >= 11 is 1.51. The molecule has 124 valence electrons. The van der Waals surface area contributed by atoms with Gasteiger partial charge in [0.1, 0.15) is 18.5 Å². The van der Waals surface area contributed by atoms with Gasteiger partial charge in [-0.25, -0.2) is 4.39 Å². The Morgan fingerprint density at radius 2 is 2.13 bits per heavy atom. The highest BCUT2D eigenvalue weighted by atomic mass is 32.2. The smallest absolute Gasteiger partial charge is 0.249 e. The van der Waals surface area contributed by atoms with Crippen molar-refractivity contribution in [1.82, 2.24) is 4.90 Å². The molecular formula is C16H19FN2O3S. The van der Waals surface area contributed by atoms with Gasteiger partial charge in [0.2, 0.25) is 11.8 Å². The number of amides is 2. The highest BCUT2D eigenvalue weighted by Crippen LogP contribution is 2.29. The molecule has 0 spiro atoms. The minimum Gasteiger partial charge on any atom is -0.371 e. The Hall–Kier alpha value is -1.60. The van der Waals surface area contributed by atoms with Crippen molar-refractivity contribution in [3.05, 3.63) is 30.1 Å². The summed E-state index contributed by atoms with van der Waals surface area (Å²) in [6.45, 7) is 0.610. The van der Waals surface area contributed by atoms with Crippen LogP contribution in [-0.2, 0) is 14.3 Å². The molecule has 2 amide bonds. The first-order valence-electron chi connectivity index (χ1n) is 7.65. The van der Waals surface area contributed by atoms with Gasteiger partial charge < -0.3 is 15.0 Å². The van der Waals surface area contributed by atoms with E-state index in [4.69, 9.17) is 4.74 Å². The van der Waals surface area contributed by atoms with Crippen molar-refractivity contribution in [2.24, 2.45) is 5.92 Å². The lowest BCUT2D eigenvalue weighted by Crippen LogP contribution is -2.46. The first-order chi connectivity index (χ1) is 11.1. The van der Waals surface area contributed by atoms with Crippen molar-refractivity contribution < 1.29 is 18.7 Å². The van der Waals surface area contributed by atoms with Gasteiger partial charge in [-0.1, -0.05) is 12.1 Å². The van der Waals surface area contributed by atoms with Crippen LogP contribution in [-0.4, -0.2) is 47.6 Å². The summed E-state index contributed by atoms with van der Waals surface area (Å²) in [4.78, 5) is 26.1. The molecule has 1 saturated heterocycles. The number of hydrogen-bond acceptors (Lipinski definition) is 4. The Balaban J connectivity index is 1.55. The second-order valence-electron chi connectivity index (χ2n) is 5.81. The molecular weight excluding hydrogens is 319 g/mol. The van der Waals surface area contributed by atoms with E-state index in [2.05, 4.69) is 5.32 Å². The zero-order valence-electron chi connectivity index (χ0n) is 12.7. The normalized spacial score (nSPS) is 20.6. The first-order valence-corrected chi connectivity index (χ1v) is 8.81. The van der Waals surface area contributed by atoms with Gasteiger partial charge in [0.05, 0.1) is 18.2 Å². The molecule has 5 nitrogen and oxygen atoms in total. The zero-order valence-corrected chi connectivity index (χ0v) is 13.5. The van der Waals surface area contributed by atoms with E-state index in [0.717, 1.165) is 0 Å². The maximum absolute atomic E-state index is 13.6. The van der Waals surface area contributed by atoms with Crippen LogP contribution in [0.5, 0.6) is 0 Å². The summed E-state index contributed by atoms with van der Waals surface area (Å²) in [6.07, 6.45) is 2.34. The number of nitrogens with one attached hydrogen (secondary N) is 1. The number of para-hydroxylation sites is 1. The molecule has 1 aliphatic carbocycles. The molecule has 23 heavy (non-hydrogen) atoms. The Morgan fingerprint density at radius 3 is 2.87 bits per heavy atom. The Labute approximate surface area is 138 Å². The molecule has 2 aliphatic rings. The van der Waals surface area contributed by atoms with Crippen LogP contribution in [0.15, 0.2) is 24.3 Å². The summed E-state index contributed by atoms with van der Waals surface area (Å²) in [7, 11) is 0. The number of carbonyl (C=O) groups is 2. The van der Waals surface area contributed by atoms with Gasteiger partial charge in [-0.3, -0.25) is 9.59 Å². The molecule has 0 bridgehead atoms. The van der Waals surface area contributed by atoms with Crippen LogP contribution in [0.2, 0.25) is 0 Å². The molecule has 1 atom stereocenters. The summed E-state index contributed by atoms with van der Waals surface area (Å²) < 4.78 is 19.0. The fourth-order valence-corrected chi connectivity index (χ4v) is 3.55. The Bertz CT molecular complexity index is 594. The van der Waals surface area contributed by atoms with Crippen molar-refractivity contribution in [1.29, 1.82) is 0 Å². The van der Waals surface area contributed by atoms with Crippen LogP contribution in [0, 0.1) is 11.7 Å². The van der Waals surface area contributed by atoms with Crippen LogP contribution < -0.4 is 5.32 Å². The second-order valence-corrected chi connectivity index (χ2v) is 6.81. The molecule has 1 aromatic rings. The quantitative estimate of drug-likeness (QED) is 0.863. The molecule has 0 aromatic heterocycles. The summed E-state index contributed by atoms with van der Waals surface area (Å²) in [5, 5.41) is 2.56. The van der Waals surface area contributed by atoms with Gasteiger partial charge in [0.15, 0.2) is 0 Å². The van der Waals surface area contributed by atoms with E-state index in [1.54, 1.807) is 12.1 Å². The molecule has 1 saturated carbocycles. The molecule has 2 fully saturated rings. The lowest BCUT2D eigenvalue weighted by molar-refractivity contribution is -0.140. The van der Waals surface area contributed by atoms with E-state index in [1.165, 1.54) is 41.6 Å². The Kier molecular flexibility index (Phi) is 5.17. The van der Waals surface area contributed by atoms with Crippen molar-refractivity contribution in [2.45, 2.75) is 18.9 Å². The van der Waals surface area contributed by atoms with E-state index >= 15 is 0 Å². The average molecular weight is 338 g/mol. The van der Waals surface area contributed by atoms with E-state index in [-0.39, 0.29) is 24.1 Å². The number of halogens is 1. The standard InChI is InChI=1S/C16H19FN2O3S/c17-12-3-1-2-4-13(12)18-16(21)14-9-23-10-19(14)15(20)8-22-7-11-5-6-11/h1-4,11,14H,5-10H2,(H,18,21). The van der Waals surface area contributed by atoms with Crippen LogP contribution >= 0.6 is 11.8 Å². The van der Waals surface area contributed by atoms with Gasteiger partial charge in [-0.05, 0) is 30.9 Å². The lowest BCUT2D eigenvalue weighted by Gasteiger charge is -2.23. The molecule has 1 unspecified atom stereocenters. The predicted molar refractivity (Wildman–Crippen MR) is 86.5 cm³/mol. The number of rotatable bonds is 6. The SMILES string of the molecule is O=C(Nc1ccccc1F)C1CSCN1C(=O)COCC1CC1. The van der Waals surface area contributed by atoms with Crippen molar-refractivity contribution >= 4 is 29.3 Å². The van der Waals surface area contributed by atoms with Gasteiger partial charge in [0, 0.05) is 5.75 Å². The minimum atomic E-state index is -0.586. The number of thioether (sulfide) groups is 1. The third kappa shape index (κ3) is 4.23. The number of benzene rings is 1. The fourth-order valence-electron chi connectivity index (χ4n) is 2.36. The monoisotopic (exact) mass is 338 g/mol. The van der Waals surface area contributed by atoms with E-state index < -0.39 is 11.9 Å². The fraction of sp³-hybridized carbons (Fsp3) is 0.500. The first kappa shape index (κ1) is 16.3. The third-order valence-electron chi connectivity index (χ3n) is 3.91. The number of carbonyl (C=O) groups excluding carboxylic acids is 2. The van der Waals surface area contributed by atoms with Gasteiger partial charge in [0.25, 0.3) is 0 Å². The van der Waals surface area contributed by atoms with Crippen LogP contribution in [0.4, 0.5) is 10.1 Å². The molecule has 1 heterocycles. The lowest BCUT2D eigenvalue weighted by atomic mass is 10.2. The maximum Gasteiger partial charge on any atom is 0.249 e. The number of nitrogens with zero attached hydrogens (tertiary/aromatic N) is 1. The van der Waals surface area contributed by atoms with Gasteiger partial charge in [-0.2, -0.15) is 0 Å². The predicted octanol–water partition coefficient (Wildman–Crippen LogP) is 2.09. The summed E-state index contributed by atoms with van der Waals surface area (Å²) in [6, 6.07) is 5.41. The summed E-state index contributed by atoms with van der Waals surface area (Å²) in [5.41, 5.74) is 0.131. The average Bonchev–Trinajstić information content (AvgIpc) is 3.22. The van der Waals surface area contributed by atoms with Crippen LogP contribution in [0.1, 0.15) is 12.8 Å². The Morgan fingerprint density at radius 1 is 1.35 bits per heavy atom.